The summed E-state index contributed by atoms with van der Waals surface area (Å²) in [5.41, 5.74) is 0. The maximum Gasteiger partial charge on any atom is 0.306 e. The number of nitrogens with zero attached hydrogens (tertiary/aromatic N) is 1. The smallest absolute Gasteiger partial charge is 0.306 e. The fourth-order valence-electron chi connectivity index (χ4n) is 3.21. The average Bonchev–Trinajstić information content (AvgIpc) is 2.81. The van der Waals surface area contributed by atoms with Crippen molar-refractivity contribution in [3.05, 3.63) is 0 Å². The molecule has 118 valence electrons. The molecule has 1 saturated heterocycles. The van der Waals surface area contributed by atoms with E-state index < -0.39 is 5.97 Å². The lowest BCUT2D eigenvalue weighted by Crippen LogP contribution is -2.42. The Kier molecular flexibility index (Phi) is 4.85. The minimum atomic E-state index is -0.742. The van der Waals surface area contributed by atoms with Crippen molar-refractivity contribution >= 4 is 17.8 Å². The molecule has 6 heteroatoms. The van der Waals surface area contributed by atoms with Crippen LogP contribution in [0, 0.1) is 11.8 Å². The molecule has 2 fully saturated rings. The SMILES string of the molecule is CC(C)N1CC(C(=O)NC2CCC(C(=O)O)CC2)CC1=O. The lowest BCUT2D eigenvalue weighted by atomic mass is 9.86. The van der Waals surface area contributed by atoms with Crippen molar-refractivity contribution in [2.75, 3.05) is 6.54 Å². The van der Waals surface area contributed by atoms with Crippen molar-refractivity contribution in [1.82, 2.24) is 10.2 Å². The number of aliphatic carboxylic acids is 1. The molecule has 2 amide bonds. The first kappa shape index (κ1) is 15.8. The first-order chi connectivity index (χ1) is 9.88. The highest BCUT2D eigenvalue weighted by Gasteiger charge is 2.36. The van der Waals surface area contributed by atoms with Gasteiger partial charge in [0.2, 0.25) is 11.8 Å². The van der Waals surface area contributed by atoms with E-state index in [1.54, 1.807) is 4.90 Å². The Morgan fingerprint density at radius 3 is 2.29 bits per heavy atom. The van der Waals surface area contributed by atoms with Gasteiger partial charge in [0.25, 0.3) is 0 Å². The van der Waals surface area contributed by atoms with Crippen molar-refractivity contribution < 1.29 is 19.5 Å². The van der Waals surface area contributed by atoms with E-state index in [9.17, 15) is 14.4 Å². The van der Waals surface area contributed by atoms with Crippen LogP contribution in [-0.4, -0.2) is 46.4 Å². The predicted octanol–water partition coefficient (Wildman–Crippen LogP) is 1.00. The van der Waals surface area contributed by atoms with Crippen molar-refractivity contribution in [2.24, 2.45) is 11.8 Å². The number of carbonyl (C=O) groups is 3. The van der Waals surface area contributed by atoms with Crippen LogP contribution in [0.3, 0.4) is 0 Å². The first-order valence-corrected chi connectivity index (χ1v) is 7.71. The monoisotopic (exact) mass is 296 g/mol. The molecular weight excluding hydrogens is 272 g/mol. The highest BCUT2D eigenvalue weighted by molar-refractivity contribution is 5.89. The van der Waals surface area contributed by atoms with Gasteiger partial charge < -0.3 is 15.3 Å². The third-order valence-electron chi connectivity index (χ3n) is 4.58. The number of carboxylic acid groups (broad SMARTS) is 1. The van der Waals surface area contributed by atoms with E-state index >= 15 is 0 Å². The second-order valence-electron chi connectivity index (χ2n) is 6.44. The number of nitrogens with one attached hydrogen (secondary N) is 1. The molecule has 1 atom stereocenters. The van der Waals surface area contributed by atoms with Crippen LogP contribution >= 0.6 is 0 Å². The second kappa shape index (κ2) is 6.45. The van der Waals surface area contributed by atoms with Gasteiger partial charge in [-0.05, 0) is 39.5 Å². The molecule has 1 aliphatic carbocycles. The minimum Gasteiger partial charge on any atom is -0.481 e. The molecule has 21 heavy (non-hydrogen) atoms. The molecule has 2 aliphatic rings. The van der Waals surface area contributed by atoms with Crippen molar-refractivity contribution in [1.29, 1.82) is 0 Å². The summed E-state index contributed by atoms with van der Waals surface area (Å²) >= 11 is 0. The topological polar surface area (TPSA) is 86.7 Å². The van der Waals surface area contributed by atoms with Crippen LogP contribution in [0.4, 0.5) is 0 Å². The lowest BCUT2D eigenvalue weighted by Gasteiger charge is -2.28. The molecule has 1 saturated carbocycles. The van der Waals surface area contributed by atoms with Gasteiger partial charge in [-0.25, -0.2) is 0 Å². The predicted molar refractivity (Wildman–Crippen MR) is 76.5 cm³/mol. The third kappa shape index (κ3) is 3.74. The van der Waals surface area contributed by atoms with Gasteiger partial charge >= 0.3 is 5.97 Å². The normalized spacial score (nSPS) is 29.8. The molecular formula is C15H24N2O4. The van der Waals surface area contributed by atoms with Gasteiger partial charge in [0.05, 0.1) is 11.8 Å². The molecule has 0 aromatic carbocycles. The molecule has 6 nitrogen and oxygen atoms in total. The number of rotatable bonds is 4. The van der Waals surface area contributed by atoms with Gasteiger partial charge in [-0.15, -0.1) is 0 Å². The summed E-state index contributed by atoms with van der Waals surface area (Å²) in [5, 5.41) is 11.9. The van der Waals surface area contributed by atoms with Gasteiger partial charge in [-0.3, -0.25) is 14.4 Å². The largest absolute Gasteiger partial charge is 0.481 e. The Morgan fingerprint density at radius 1 is 1.19 bits per heavy atom. The molecule has 0 bridgehead atoms. The quantitative estimate of drug-likeness (QED) is 0.810. The molecule has 2 N–H and O–H groups in total. The Morgan fingerprint density at radius 2 is 1.81 bits per heavy atom. The van der Waals surface area contributed by atoms with Crippen molar-refractivity contribution in [2.45, 2.75) is 58.0 Å². The molecule has 0 aromatic heterocycles. The summed E-state index contributed by atoms with van der Waals surface area (Å²) in [6.07, 6.45) is 2.92. The molecule has 1 heterocycles. The van der Waals surface area contributed by atoms with E-state index in [0.717, 1.165) is 0 Å². The zero-order chi connectivity index (χ0) is 15.6. The van der Waals surface area contributed by atoms with Crippen LogP contribution in [0.5, 0.6) is 0 Å². The number of hydrogen-bond donors (Lipinski definition) is 2. The minimum absolute atomic E-state index is 0.0414. The van der Waals surface area contributed by atoms with Gasteiger partial charge in [0.1, 0.15) is 0 Å². The summed E-state index contributed by atoms with van der Waals surface area (Å²) in [4.78, 5) is 36.7. The van der Waals surface area contributed by atoms with Gasteiger partial charge in [0.15, 0.2) is 0 Å². The molecule has 2 rings (SSSR count). The number of carboxylic acids is 1. The van der Waals surface area contributed by atoms with Crippen LogP contribution < -0.4 is 5.32 Å². The van der Waals surface area contributed by atoms with Gasteiger partial charge in [-0.2, -0.15) is 0 Å². The fourth-order valence-corrected chi connectivity index (χ4v) is 3.21. The Bertz CT molecular complexity index is 427. The van der Waals surface area contributed by atoms with Gasteiger partial charge in [-0.1, -0.05) is 0 Å². The fraction of sp³-hybridized carbons (Fsp3) is 0.800. The zero-order valence-corrected chi connectivity index (χ0v) is 12.7. The molecule has 1 aliphatic heterocycles. The Balaban J connectivity index is 1.81. The van der Waals surface area contributed by atoms with E-state index in [-0.39, 0.29) is 42.2 Å². The molecule has 0 radical (unpaired) electrons. The van der Waals surface area contributed by atoms with Crippen LogP contribution in [0.1, 0.15) is 46.0 Å². The van der Waals surface area contributed by atoms with E-state index in [1.165, 1.54) is 0 Å². The Labute approximate surface area is 124 Å². The highest BCUT2D eigenvalue weighted by atomic mass is 16.4. The van der Waals surface area contributed by atoms with Crippen molar-refractivity contribution in [3.8, 4) is 0 Å². The summed E-state index contributed by atoms with van der Waals surface area (Å²) in [7, 11) is 0. The third-order valence-corrected chi connectivity index (χ3v) is 4.58. The molecule has 1 unspecified atom stereocenters. The number of hydrogen-bond acceptors (Lipinski definition) is 3. The van der Waals surface area contributed by atoms with Crippen LogP contribution in [0.2, 0.25) is 0 Å². The molecule has 0 spiro atoms. The lowest BCUT2D eigenvalue weighted by molar-refractivity contribution is -0.143. The highest BCUT2D eigenvalue weighted by Crippen LogP contribution is 2.26. The summed E-state index contributed by atoms with van der Waals surface area (Å²) in [6.45, 7) is 4.39. The second-order valence-corrected chi connectivity index (χ2v) is 6.44. The maximum absolute atomic E-state index is 12.2. The van der Waals surface area contributed by atoms with Crippen molar-refractivity contribution in [3.63, 3.8) is 0 Å². The standard InChI is InChI=1S/C15H24N2O4/c1-9(2)17-8-11(7-13(17)18)14(19)16-12-5-3-10(4-6-12)15(20)21/h9-12H,3-8H2,1-2H3,(H,16,19)(H,20,21). The maximum atomic E-state index is 12.2. The summed E-state index contributed by atoms with van der Waals surface area (Å²) < 4.78 is 0. The van der Waals surface area contributed by atoms with Crippen LogP contribution in [0.25, 0.3) is 0 Å². The molecule has 0 aromatic rings. The summed E-state index contributed by atoms with van der Waals surface area (Å²) in [5.74, 6) is -1.31. The van der Waals surface area contributed by atoms with Crippen LogP contribution in [0.15, 0.2) is 0 Å². The zero-order valence-electron chi connectivity index (χ0n) is 12.7. The number of amides is 2. The Hall–Kier alpha value is -1.59. The average molecular weight is 296 g/mol. The van der Waals surface area contributed by atoms with E-state index in [0.29, 0.717) is 32.2 Å². The number of likely N-dealkylation sites (tertiary alicyclic amines) is 1. The van der Waals surface area contributed by atoms with Gasteiger partial charge in [0, 0.05) is 25.0 Å². The number of carbonyl (C=O) groups excluding carboxylic acids is 2. The van der Waals surface area contributed by atoms with E-state index in [2.05, 4.69) is 5.32 Å². The summed E-state index contributed by atoms with van der Waals surface area (Å²) in [6, 6.07) is 0.178. The van der Waals surface area contributed by atoms with E-state index in [1.807, 2.05) is 13.8 Å². The van der Waals surface area contributed by atoms with E-state index in [4.69, 9.17) is 5.11 Å². The first-order valence-electron chi connectivity index (χ1n) is 7.71. The van der Waals surface area contributed by atoms with Crippen LogP contribution in [-0.2, 0) is 14.4 Å².